The third-order valence-corrected chi connectivity index (χ3v) is 5.62. The highest BCUT2D eigenvalue weighted by molar-refractivity contribution is 9.10. The van der Waals surface area contributed by atoms with Gasteiger partial charge in [0.2, 0.25) is 5.43 Å². The molecule has 1 aromatic heterocycles. The second kappa shape index (κ2) is 6.99. The van der Waals surface area contributed by atoms with Gasteiger partial charge >= 0.3 is 6.09 Å². The number of halogens is 1. The predicted octanol–water partition coefficient (Wildman–Crippen LogP) is 2.23. The average Bonchev–Trinajstić information content (AvgIpc) is 3.07. The summed E-state index contributed by atoms with van der Waals surface area (Å²) in [5, 5.41) is 0.577. The van der Waals surface area contributed by atoms with Crippen molar-refractivity contribution < 1.29 is 14.3 Å². The van der Waals surface area contributed by atoms with E-state index in [4.69, 9.17) is 4.74 Å². The molecule has 0 radical (unpaired) electrons. The number of aryl methyl sites for hydroxylation is 2. The van der Waals surface area contributed by atoms with Crippen molar-refractivity contribution in [1.82, 2.24) is 14.4 Å². The van der Waals surface area contributed by atoms with Gasteiger partial charge in [0.15, 0.2) is 0 Å². The number of hydrogen-bond acceptors (Lipinski definition) is 4. The summed E-state index contributed by atoms with van der Waals surface area (Å²) in [6.45, 7) is 4.44. The molecule has 1 saturated heterocycles. The zero-order chi connectivity index (χ0) is 19.1. The molecule has 3 heterocycles. The van der Waals surface area contributed by atoms with Gasteiger partial charge in [-0.2, -0.15) is 0 Å². The number of pyridine rings is 1. The van der Waals surface area contributed by atoms with Gasteiger partial charge in [-0.1, -0.05) is 15.9 Å². The van der Waals surface area contributed by atoms with Gasteiger partial charge in [-0.3, -0.25) is 9.59 Å². The lowest BCUT2D eigenvalue weighted by molar-refractivity contribution is 0.0569. The summed E-state index contributed by atoms with van der Waals surface area (Å²) in [4.78, 5) is 41.0. The fourth-order valence-corrected chi connectivity index (χ4v) is 4.33. The van der Waals surface area contributed by atoms with Gasteiger partial charge in [0, 0.05) is 48.8 Å². The van der Waals surface area contributed by atoms with E-state index in [2.05, 4.69) is 15.9 Å². The largest absolute Gasteiger partial charge is 0.450 e. The molecule has 0 N–H and O–H groups in total. The molecule has 0 atom stereocenters. The van der Waals surface area contributed by atoms with Crippen molar-refractivity contribution in [3.05, 3.63) is 44.2 Å². The quantitative estimate of drug-likeness (QED) is 0.727. The van der Waals surface area contributed by atoms with Crippen LogP contribution in [-0.2, 0) is 17.7 Å². The minimum atomic E-state index is -0.360. The summed E-state index contributed by atoms with van der Waals surface area (Å²) in [5.41, 5.74) is 2.01. The monoisotopic (exact) mass is 433 g/mol. The number of amides is 2. The second-order valence-corrected chi connectivity index (χ2v) is 7.67. The van der Waals surface area contributed by atoms with Crippen molar-refractivity contribution >= 4 is 38.8 Å². The summed E-state index contributed by atoms with van der Waals surface area (Å²) < 4.78 is 7.85. The van der Waals surface area contributed by atoms with Crippen LogP contribution in [0.2, 0.25) is 0 Å². The lowest BCUT2D eigenvalue weighted by Gasteiger charge is -2.34. The number of benzene rings is 1. The fraction of sp³-hybridized carbons (Fsp3) is 0.421. The molecule has 2 aliphatic heterocycles. The van der Waals surface area contributed by atoms with E-state index in [1.54, 1.807) is 29.0 Å². The van der Waals surface area contributed by atoms with Crippen LogP contribution in [0.25, 0.3) is 10.9 Å². The van der Waals surface area contributed by atoms with E-state index in [0.717, 1.165) is 28.5 Å². The molecule has 7 nitrogen and oxygen atoms in total. The number of rotatable bonds is 2. The molecule has 27 heavy (non-hydrogen) atoms. The van der Waals surface area contributed by atoms with E-state index in [-0.39, 0.29) is 23.0 Å². The fourth-order valence-electron chi connectivity index (χ4n) is 3.83. The zero-order valence-corrected chi connectivity index (χ0v) is 16.6. The molecule has 2 aliphatic rings. The molecule has 0 spiro atoms. The summed E-state index contributed by atoms with van der Waals surface area (Å²) in [6, 6.07) is 3.82. The van der Waals surface area contributed by atoms with Crippen LogP contribution in [0.15, 0.2) is 27.6 Å². The molecule has 0 aliphatic carbocycles. The van der Waals surface area contributed by atoms with Crippen LogP contribution in [0.3, 0.4) is 0 Å². The van der Waals surface area contributed by atoms with E-state index in [0.29, 0.717) is 38.2 Å². The Morgan fingerprint density at radius 2 is 1.81 bits per heavy atom. The van der Waals surface area contributed by atoms with Gasteiger partial charge < -0.3 is 19.1 Å². The van der Waals surface area contributed by atoms with Gasteiger partial charge in [-0.15, -0.1) is 0 Å². The highest BCUT2D eigenvalue weighted by Gasteiger charge is 2.28. The predicted molar refractivity (Wildman–Crippen MR) is 104 cm³/mol. The Labute approximate surface area is 164 Å². The molecule has 4 rings (SSSR count). The topological polar surface area (TPSA) is 71.8 Å². The van der Waals surface area contributed by atoms with Crippen molar-refractivity contribution in [1.29, 1.82) is 0 Å². The van der Waals surface area contributed by atoms with Crippen LogP contribution in [0.4, 0.5) is 4.79 Å². The molecule has 0 saturated carbocycles. The molecular weight excluding hydrogens is 414 g/mol. The maximum absolute atomic E-state index is 13.0. The number of nitrogens with zero attached hydrogens (tertiary/aromatic N) is 3. The Kier molecular flexibility index (Phi) is 4.67. The maximum atomic E-state index is 13.0. The van der Waals surface area contributed by atoms with Crippen molar-refractivity contribution in [3.8, 4) is 0 Å². The Morgan fingerprint density at radius 3 is 2.52 bits per heavy atom. The van der Waals surface area contributed by atoms with Crippen molar-refractivity contribution in [3.63, 3.8) is 0 Å². The number of ether oxygens (including phenoxy) is 1. The third kappa shape index (κ3) is 3.12. The highest BCUT2D eigenvalue weighted by Crippen LogP contribution is 2.28. The van der Waals surface area contributed by atoms with Crippen LogP contribution in [0, 0.1) is 0 Å². The average molecular weight is 434 g/mol. The van der Waals surface area contributed by atoms with Crippen molar-refractivity contribution in [2.75, 3.05) is 32.8 Å². The smallest absolute Gasteiger partial charge is 0.409 e. The lowest BCUT2D eigenvalue weighted by Crippen LogP contribution is -2.51. The normalized spacial score (nSPS) is 16.1. The molecule has 142 valence electrons. The molecule has 2 amide bonds. The first-order valence-corrected chi connectivity index (χ1v) is 9.85. The third-order valence-electron chi connectivity index (χ3n) is 5.16. The van der Waals surface area contributed by atoms with Crippen LogP contribution < -0.4 is 5.43 Å². The minimum absolute atomic E-state index is 0.193. The number of hydrogen-bond donors (Lipinski definition) is 0. The summed E-state index contributed by atoms with van der Waals surface area (Å²) in [7, 11) is 0. The number of carbonyl (C=O) groups is 2. The Morgan fingerprint density at radius 1 is 1.11 bits per heavy atom. The van der Waals surface area contributed by atoms with E-state index in [9.17, 15) is 14.4 Å². The first kappa shape index (κ1) is 18.0. The zero-order valence-electron chi connectivity index (χ0n) is 15.0. The molecule has 0 bridgehead atoms. The maximum Gasteiger partial charge on any atom is 0.409 e. The van der Waals surface area contributed by atoms with E-state index >= 15 is 0 Å². The lowest BCUT2D eigenvalue weighted by atomic mass is 10.1. The molecule has 1 fully saturated rings. The Balaban J connectivity index is 1.61. The van der Waals surface area contributed by atoms with Crippen LogP contribution in [-0.4, -0.2) is 59.2 Å². The van der Waals surface area contributed by atoms with Gasteiger partial charge in [0.1, 0.15) is 5.56 Å². The Bertz CT molecular complexity index is 993. The molecule has 0 unspecified atom stereocenters. The number of aromatic nitrogens is 1. The van der Waals surface area contributed by atoms with Crippen LogP contribution in [0.5, 0.6) is 0 Å². The SMILES string of the molecule is CCOC(=O)N1CCN(C(=O)c2cn3c4c(cc(Br)cc4c2=O)CC3)CC1. The second-order valence-electron chi connectivity index (χ2n) is 6.75. The molecule has 2 aromatic rings. The highest BCUT2D eigenvalue weighted by atomic mass is 79.9. The first-order valence-electron chi connectivity index (χ1n) is 9.06. The molecule has 8 heteroatoms. The van der Waals surface area contributed by atoms with E-state index in [1.165, 1.54) is 0 Å². The van der Waals surface area contributed by atoms with Gasteiger partial charge in [0.25, 0.3) is 5.91 Å². The summed E-state index contributed by atoms with van der Waals surface area (Å²) in [5.74, 6) is -0.275. The summed E-state index contributed by atoms with van der Waals surface area (Å²) in [6.07, 6.45) is 2.18. The molecular formula is C19H20BrN3O4. The Hall–Kier alpha value is -2.35. The standard InChI is InChI=1S/C19H20BrN3O4/c1-2-27-19(26)22-7-5-21(6-8-22)18(25)15-11-23-4-3-12-9-13(20)10-14(16(12)23)17(15)24/h9-11H,2-8H2,1H3. The summed E-state index contributed by atoms with van der Waals surface area (Å²) >= 11 is 3.46. The van der Waals surface area contributed by atoms with E-state index in [1.807, 2.05) is 10.6 Å². The van der Waals surface area contributed by atoms with Gasteiger partial charge in [0.05, 0.1) is 12.1 Å². The first-order chi connectivity index (χ1) is 13.0. The minimum Gasteiger partial charge on any atom is -0.450 e. The number of carbonyl (C=O) groups excluding carboxylic acids is 2. The van der Waals surface area contributed by atoms with Crippen LogP contribution in [0.1, 0.15) is 22.8 Å². The van der Waals surface area contributed by atoms with Crippen molar-refractivity contribution in [2.24, 2.45) is 0 Å². The molecule has 1 aromatic carbocycles. The van der Waals surface area contributed by atoms with Gasteiger partial charge in [-0.05, 0) is 31.0 Å². The number of piperazine rings is 1. The van der Waals surface area contributed by atoms with Crippen LogP contribution >= 0.6 is 15.9 Å². The van der Waals surface area contributed by atoms with Gasteiger partial charge in [-0.25, -0.2) is 4.79 Å². The van der Waals surface area contributed by atoms with E-state index < -0.39 is 0 Å². The van der Waals surface area contributed by atoms with Crippen molar-refractivity contribution in [2.45, 2.75) is 19.9 Å².